The number of aliphatic hydroxyl groups is 2. The van der Waals surface area contributed by atoms with Gasteiger partial charge in [0, 0.05) is 0 Å². The summed E-state index contributed by atoms with van der Waals surface area (Å²) in [5.41, 5.74) is -0.704. The molecule has 0 spiro atoms. The normalized spacial score (nSPS) is 9.38. The van der Waals surface area contributed by atoms with E-state index in [-0.39, 0.29) is 0 Å². The predicted molar refractivity (Wildman–Crippen MR) is 23.9 cm³/mol. The number of aliphatic hydroxyl groups excluding tert-OH is 1. The van der Waals surface area contributed by atoms with E-state index in [1.165, 1.54) is 0 Å². The van der Waals surface area contributed by atoms with Crippen LogP contribution in [-0.2, 0) is 4.79 Å². The first-order valence-electron chi connectivity index (χ1n) is 1.73. The Balaban J connectivity index is 3.84. The van der Waals surface area contributed by atoms with E-state index < -0.39 is 17.8 Å². The monoisotopic (exact) mass is 117 g/mol. The Morgan fingerprint density at radius 1 is 1.25 bits per heavy atom. The van der Waals surface area contributed by atoms with Crippen molar-refractivity contribution in [2.24, 2.45) is 0 Å². The molecule has 0 aliphatic carbocycles. The largest absolute Gasteiger partial charge is 0.478 e. The van der Waals surface area contributed by atoms with Crippen molar-refractivity contribution >= 4 is 5.97 Å². The van der Waals surface area contributed by atoms with Gasteiger partial charge < -0.3 is 15.3 Å². The number of carboxylic acids is 1. The van der Waals surface area contributed by atoms with Gasteiger partial charge in [0.2, 0.25) is 0 Å². The first kappa shape index (κ1) is 7.13. The molecular weight excluding hydrogens is 112 g/mol. The first-order valence-corrected chi connectivity index (χ1v) is 1.73. The molecule has 0 bridgehead atoms. The molecule has 0 fully saturated rings. The zero-order valence-electron chi connectivity index (χ0n) is 3.96. The van der Waals surface area contributed by atoms with E-state index in [2.05, 4.69) is 6.58 Å². The Morgan fingerprint density at radius 2 is 1.62 bits per heavy atom. The molecule has 0 aliphatic heterocycles. The van der Waals surface area contributed by atoms with Crippen molar-refractivity contribution < 1.29 is 20.1 Å². The van der Waals surface area contributed by atoms with E-state index in [0.717, 1.165) is 0 Å². The average molecular weight is 117 g/mol. The van der Waals surface area contributed by atoms with Crippen molar-refractivity contribution in [3.05, 3.63) is 18.4 Å². The van der Waals surface area contributed by atoms with Crippen LogP contribution in [0, 0.1) is 6.29 Å². The topological polar surface area (TPSA) is 77.8 Å². The number of hydrogen-bond donors (Lipinski definition) is 3. The third kappa shape index (κ3) is 1.72. The zero-order chi connectivity index (χ0) is 6.73. The quantitative estimate of drug-likeness (QED) is 0.440. The van der Waals surface area contributed by atoms with Gasteiger partial charge in [-0.25, -0.2) is 4.79 Å². The molecule has 0 heterocycles. The molecule has 0 saturated heterocycles. The van der Waals surface area contributed by atoms with Gasteiger partial charge in [0.1, 0.15) is 0 Å². The average Bonchev–Trinajstić information content (AvgIpc) is 1.64. The molecule has 0 aromatic rings. The standard InChI is InChI=1S/C4H5O4/c1-2(3(5)6)4(7)8/h5-6H,1H2,(H,7,8). The van der Waals surface area contributed by atoms with Crippen molar-refractivity contribution in [2.75, 3.05) is 0 Å². The molecule has 0 aromatic heterocycles. The Hall–Kier alpha value is -0.870. The van der Waals surface area contributed by atoms with E-state index >= 15 is 0 Å². The van der Waals surface area contributed by atoms with Crippen molar-refractivity contribution in [1.29, 1.82) is 0 Å². The van der Waals surface area contributed by atoms with E-state index in [1.807, 2.05) is 0 Å². The third-order valence-electron chi connectivity index (χ3n) is 0.528. The molecule has 0 aliphatic rings. The maximum Gasteiger partial charge on any atom is 0.336 e. The first-order chi connectivity index (χ1) is 3.55. The number of carbonyl (C=O) groups is 1. The molecule has 4 heteroatoms. The number of hydrogen-bond acceptors (Lipinski definition) is 3. The molecule has 8 heavy (non-hydrogen) atoms. The molecule has 3 N–H and O–H groups in total. The number of aliphatic carboxylic acids is 1. The van der Waals surface area contributed by atoms with Crippen LogP contribution in [0.1, 0.15) is 0 Å². The van der Waals surface area contributed by atoms with Gasteiger partial charge >= 0.3 is 5.97 Å². The van der Waals surface area contributed by atoms with Crippen molar-refractivity contribution in [2.45, 2.75) is 0 Å². The molecule has 0 unspecified atom stereocenters. The SMILES string of the molecule is C=C([C](O)O)C(=O)O. The van der Waals surface area contributed by atoms with E-state index in [1.54, 1.807) is 0 Å². The lowest BCUT2D eigenvalue weighted by molar-refractivity contribution is -0.133. The van der Waals surface area contributed by atoms with E-state index in [4.69, 9.17) is 15.3 Å². The highest BCUT2D eigenvalue weighted by atomic mass is 16.5. The van der Waals surface area contributed by atoms with E-state index in [9.17, 15) is 4.79 Å². The van der Waals surface area contributed by atoms with Crippen molar-refractivity contribution in [3.8, 4) is 0 Å². The number of carboxylic acid groups (broad SMARTS) is 1. The molecular formula is C4H5O4. The van der Waals surface area contributed by atoms with Crippen LogP contribution < -0.4 is 0 Å². The predicted octanol–water partition coefficient (Wildman–Crippen LogP) is -0.138. The molecule has 0 aromatic carbocycles. The van der Waals surface area contributed by atoms with Crippen LogP contribution in [0.15, 0.2) is 12.2 Å². The highest BCUT2D eigenvalue weighted by Gasteiger charge is 2.12. The summed E-state index contributed by atoms with van der Waals surface area (Å²) >= 11 is 0. The summed E-state index contributed by atoms with van der Waals surface area (Å²) in [4.78, 5) is 9.70. The summed E-state index contributed by atoms with van der Waals surface area (Å²) in [5.74, 6) is -1.44. The van der Waals surface area contributed by atoms with Gasteiger partial charge in [-0.05, 0) is 0 Å². The minimum atomic E-state index is -1.44. The summed E-state index contributed by atoms with van der Waals surface area (Å²) in [6.45, 7) is 2.82. The van der Waals surface area contributed by atoms with Crippen LogP contribution in [0.2, 0.25) is 0 Å². The lowest BCUT2D eigenvalue weighted by atomic mass is 10.3. The molecule has 0 atom stereocenters. The fourth-order valence-corrected chi connectivity index (χ4v) is 0.0956. The Bertz CT molecular complexity index is 115. The Kier molecular flexibility index (Phi) is 2.18. The molecule has 1 radical (unpaired) electrons. The van der Waals surface area contributed by atoms with Crippen molar-refractivity contribution in [3.63, 3.8) is 0 Å². The third-order valence-corrected chi connectivity index (χ3v) is 0.528. The minimum Gasteiger partial charge on any atom is -0.478 e. The van der Waals surface area contributed by atoms with Gasteiger partial charge in [0.25, 0.3) is 6.29 Å². The summed E-state index contributed by atoms with van der Waals surface area (Å²) in [6.07, 6.45) is -1.25. The van der Waals surface area contributed by atoms with Gasteiger partial charge in [-0.15, -0.1) is 0 Å². The fourth-order valence-electron chi connectivity index (χ4n) is 0.0956. The minimum absolute atomic E-state index is 0.704. The highest BCUT2D eigenvalue weighted by molar-refractivity contribution is 5.88. The maximum atomic E-state index is 9.70. The van der Waals surface area contributed by atoms with Gasteiger partial charge in [-0.1, -0.05) is 6.58 Å². The molecule has 0 rings (SSSR count). The van der Waals surface area contributed by atoms with Crippen LogP contribution in [0.4, 0.5) is 0 Å². The van der Waals surface area contributed by atoms with Crippen molar-refractivity contribution in [1.82, 2.24) is 0 Å². The Morgan fingerprint density at radius 3 is 1.62 bits per heavy atom. The molecule has 0 amide bonds. The summed E-state index contributed by atoms with van der Waals surface area (Å²) < 4.78 is 0. The van der Waals surface area contributed by atoms with Crippen LogP contribution in [0.3, 0.4) is 0 Å². The smallest absolute Gasteiger partial charge is 0.336 e. The fraction of sp³-hybridized carbons (Fsp3) is 0. The molecule has 45 valence electrons. The Labute approximate surface area is 45.7 Å². The summed E-state index contributed by atoms with van der Waals surface area (Å²) in [7, 11) is 0. The van der Waals surface area contributed by atoms with Gasteiger partial charge in [0.05, 0.1) is 5.57 Å². The van der Waals surface area contributed by atoms with Gasteiger partial charge in [-0.3, -0.25) is 0 Å². The van der Waals surface area contributed by atoms with E-state index in [0.29, 0.717) is 0 Å². The maximum absolute atomic E-state index is 9.70. The second-order valence-corrected chi connectivity index (χ2v) is 1.11. The second kappa shape index (κ2) is 2.44. The summed E-state index contributed by atoms with van der Waals surface area (Å²) in [5, 5.41) is 23.9. The van der Waals surface area contributed by atoms with Crippen LogP contribution in [-0.4, -0.2) is 21.3 Å². The lowest BCUT2D eigenvalue weighted by Gasteiger charge is -1.96. The molecule has 0 saturated carbocycles. The summed E-state index contributed by atoms with van der Waals surface area (Å²) in [6, 6.07) is 0. The van der Waals surface area contributed by atoms with Crippen LogP contribution in [0.25, 0.3) is 0 Å². The molecule has 4 nitrogen and oxygen atoms in total. The van der Waals surface area contributed by atoms with Crippen LogP contribution >= 0.6 is 0 Å². The zero-order valence-corrected chi connectivity index (χ0v) is 3.96. The lowest BCUT2D eigenvalue weighted by Crippen LogP contribution is -2.07. The van der Waals surface area contributed by atoms with Gasteiger partial charge in [-0.2, -0.15) is 0 Å². The second-order valence-electron chi connectivity index (χ2n) is 1.11. The van der Waals surface area contributed by atoms with Gasteiger partial charge in [0.15, 0.2) is 0 Å². The highest BCUT2D eigenvalue weighted by Crippen LogP contribution is 2.00. The number of rotatable bonds is 2. The van der Waals surface area contributed by atoms with Crippen LogP contribution in [0.5, 0.6) is 0 Å².